The first-order chi connectivity index (χ1) is 9.33. The Morgan fingerprint density at radius 2 is 2.00 bits per heavy atom. The van der Waals surface area contributed by atoms with Gasteiger partial charge >= 0.3 is 0 Å². The van der Waals surface area contributed by atoms with Crippen LogP contribution in [0.2, 0.25) is 5.02 Å². The Balaban J connectivity index is 2.04. The van der Waals surface area contributed by atoms with Crippen LogP contribution < -0.4 is 0 Å². The van der Waals surface area contributed by atoms with E-state index < -0.39 is 0 Å². The SMILES string of the molecule is Clc1ccc2c(-n3nnc4ccccc43)n[nH]c2c1. The van der Waals surface area contributed by atoms with Gasteiger partial charge in [0, 0.05) is 10.4 Å². The topological polar surface area (TPSA) is 59.4 Å². The Bertz CT molecular complexity index is 892. The van der Waals surface area contributed by atoms with Crippen molar-refractivity contribution in [2.45, 2.75) is 0 Å². The van der Waals surface area contributed by atoms with Gasteiger partial charge in [-0.2, -0.15) is 9.78 Å². The molecule has 0 atom stereocenters. The van der Waals surface area contributed by atoms with Crippen LogP contribution in [0.5, 0.6) is 0 Å². The van der Waals surface area contributed by atoms with Crippen LogP contribution in [0.3, 0.4) is 0 Å². The second-order valence-corrected chi connectivity index (χ2v) is 4.66. The van der Waals surface area contributed by atoms with Crippen LogP contribution >= 0.6 is 11.6 Å². The number of nitrogens with zero attached hydrogens (tertiary/aromatic N) is 4. The summed E-state index contributed by atoms with van der Waals surface area (Å²) in [6.07, 6.45) is 0. The van der Waals surface area contributed by atoms with E-state index in [1.165, 1.54) is 0 Å². The molecule has 0 aliphatic heterocycles. The monoisotopic (exact) mass is 269 g/mol. The van der Waals surface area contributed by atoms with Crippen LogP contribution in [0.25, 0.3) is 27.8 Å². The van der Waals surface area contributed by atoms with Crippen LogP contribution in [0.4, 0.5) is 0 Å². The Hall–Kier alpha value is -2.40. The quantitative estimate of drug-likeness (QED) is 0.578. The minimum absolute atomic E-state index is 0.672. The summed E-state index contributed by atoms with van der Waals surface area (Å²) < 4.78 is 1.72. The molecule has 2 aromatic carbocycles. The number of hydrogen-bond donors (Lipinski definition) is 1. The van der Waals surface area contributed by atoms with Gasteiger partial charge in [0.1, 0.15) is 5.52 Å². The lowest BCUT2D eigenvalue weighted by Gasteiger charge is -1.98. The number of benzene rings is 2. The lowest BCUT2D eigenvalue weighted by Crippen LogP contribution is -1.97. The number of hydrogen-bond acceptors (Lipinski definition) is 3. The summed E-state index contributed by atoms with van der Waals surface area (Å²) in [6, 6.07) is 13.4. The predicted molar refractivity (Wildman–Crippen MR) is 73.5 cm³/mol. The van der Waals surface area contributed by atoms with Crippen molar-refractivity contribution in [1.29, 1.82) is 0 Å². The van der Waals surface area contributed by atoms with E-state index in [-0.39, 0.29) is 0 Å². The van der Waals surface area contributed by atoms with Gasteiger partial charge in [0.2, 0.25) is 0 Å². The molecule has 4 rings (SSSR count). The standard InChI is InChI=1S/C13H8ClN5/c14-8-5-6-9-11(7-8)15-17-13(9)19-12-4-2-1-3-10(12)16-18-19/h1-7H,(H,15,17). The smallest absolute Gasteiger partial charge is 0.185 e. The first-order valence-corrected chi connectivity index (χ1v) is 6.15. The molecule has 19 heavy (non-hydrogen) atoms. The summed E-state index contributed by atoms with van der Waals surface area (Å²) >= 11 is 5.97. The number of aromatic nitrogens is 5. The van der Waals surface area contributed by atoms with E-state index >= 15 is 0 Å². The Morgan fingerprint density at radius 3 is 2.95 bits per heavy atom. The number of para-hydroxylation sites is 1. The van der Waals surface area contributed by atoms with Crippen molar-refractivity contribution in [3.8, 4) is 5.82 Å². The molecule has 0 fully saturated rings. The number of fused-ring (bicyclic) bond motifs is 2. The van der Waals surface area contributed by atoms with Crippen LogP contribution in [-0.2, 0) is 0 Å². The zero-order chi connectivity index (χ0) is 12.8. The van der Waals surface area contributed by atoms with Gasteiger partial charge in [-0.25, -0.2) is 0 Å². The van der Waals surface area contributed by atoms with Crippen molar-refractivity contribution in [3.63, 3.8) is 0 Å². The average Bonchev–Trinajstić information content (AvgIpc) is 3.01. The van der Waals surface area contributed by atoms with Gasteiger partial charge in [0.05, 0.1) is 11.0 Å². The van der Waals surface area contributed by atoms with Gasteiger partial charge in [-0.3, -0.25) is 5.10 Å². The zero-order valence-electron chi connectivity index (χ0n) is 9.71. The molecule has 4 aromatic rings. The molecule has 1 N–H and O–H groups in total. The number of aromatic amines is 1. The normalized spacial score (nSPS) is 11.4. The summed E-state index contributed by atoms with van der Waals surface area (Å²) in [5.74, 6) is 0.723. The van der Waals surface area contributed by atoms with Crippen molar-refractivity contribution in [2.75, 3.05) is 0 Å². The maximum Gasteiger partial charge on any atom is 0.185 e. The van der Waals surface area contributed by atoms with E-state index in [2.05, 4.69) is 20.5 Å². The molecule has 6 heteroatoms. The fourth-order valence-corrected chi connectivity index (χ4v) is 2.34. The zero-order valence-corrected chi connectivity index (χ0v) is 10.5. The van der Waals surface area contributed by atoms with Crippen molar-refractivity contribution in [3.05, 3.63) is 47.5 Å². The highest BCUT2D eigenvalue weighted by molar-refractivity contribution is 6.31. The van der Waals surface area contributed by atoms with Gasteiger partial charge in [0.15, 0.2) is 5.82 Å². The highest BCUT2D eigenvalue weighted by Gasteiger charge is 2.12. The van der Waals surface area contributed by atoms with Crippen LogP contribution in [0, 0.1) is 0 Å². The van der Waals surface area contributed by atoms with Crippen LogP contribution in [0.1, 0.15) is 0 Å². The number of halogens is 1. The molecule has 5 nitrogen and oxygen atoms in total. The molecule has 0 radical (unpaired) electrons. The average molecular weight is 270 g/mol. The maximum absolute atomic E-state index is 5.97. The van der Waals surface area contributed by atoms with E-state index in [4.69, 9.17) is 11.6 Å². The predicted octanol–water partition coefficient (Wildman–Crippen LogP) is 2.95. The summed E-state index contributed by atoms with van der Waals surface area (Å²) in [7, 11) is 0. The van der Waals surface area contributed by atoms with Crippen molar-refractivity contribution in [1.82, 2.24) is 25.2 Å². The minimum atomic E-state index is 0.672. The summed E-state index contributed by atoms with van der Waals surface area (Å²) in [6.45, 7) is 0. The van der Waals surface area contributed by atoms with Crippen LogP contribution in [-0.4, -0.2) is 25.2 Å². The highest BCUT2D eigenvalue weighted by atomic mass is 35.5. The molecular weight excluding hydrogens is 262 g/mol. The van der Waals surface area contributed by atoms with Gasteiger partial charge in [-0.05, 0) is 30.3 Å². The van der Waals surface area contributed by atoms with Crippen molar-refractivity contribution in [2.24, 2.45) is 0 Å². The second kappa shape index (κ2) is 3.80. The fraction of sp³-hybridized carbons (Fsp3) is 0. The summed E-state index contributed by atoms with van der Waals surface area (Å²) in [4.78, 5) is 0. The third kappa shape index (κ3) is 1.52. The third-order valence-electron chi connectivity index (χ3n) is 3.06. The molecule has 0 unspecified atom stereocenters. The first kappa shape index (κ1) is 10.5. The van der Waals surface area contributed by atoms with Crippen LogP contribution in [0.15, 0.2) is 42.5 Å². The Morgan fingerprint density at radius 1 is 1.11 bits per heavy atom. The first-order valence-electron chi connectivity index (χ1n) is 5.77. The van der Waals surface area contributed by atoms with Gasteiger partial charge < -0.3 is 0 Å². The fourth-order valence-electron chi connectivity index (χ4n) is 2.16. The lowest BCUT2D eigenvalue weighted by molar-refractivity contribution is 0.799. The van der Waals surface area contributed by atoms with Gasteiger partial charge in [-0.15, -0.1) is 5.10 Å². The number of H-pyrrole nitrogens is 1. The molecule has 0 amide bonds. The molecule has 0 aliphatic rings. The molecule has 0 aliphatic carbocycles. The van der Waals surface area contributed by atoms with Crippen molar-refractivity contribution < 1.29 is 0 Å². The summed E-state index contributed by atoms with van der Waals surface area (Å²) in [5.41, 5.74) is 2.64. The van der Waals surface area contributed by atoms with Gasteiger partial charge in [-0.1, -0.05) is 28.9 Å². The molecule has 0 bridgehead atoms. The van der Waals surface area contributed by atoms with Crippen molar-refractivity contribution >= 4 is 33.5 Å². The third-order valence-corrected chi connectivity index (χ3v) is 3.29. The van der Waals surface area contributed by atoms with E-state index in [9.17, 15) is 0 Å². The number of nitrogens with one attached hydrogen (secondary N) is 1. The molecule has 92 valence electrons. The molecule has 0 spiro atoms. The maximum atomic E-state index is 5.97. The van der Waals surface area contributed by atoms with E-state index in [1.54, 1.807) is 4.68 Å². The van der Waals surface area contributed by atoms with E-state index in [0.717, 1.165) is 27.8 Å². The minimum Gasteiger partial charge on any atom is -0.276 e. The van der Waals surface area contributed by atoms with Gasteiger partial charge in [0.25, 0.3) is 0 Å². The largest absolute Gasteiger partial charge is 0.276 e. The Kier molecular flexibility index (Phi) is 2.10. The molecule has 2 heterocycles. The molecule has 0 saturated carbocycles. The molecular formula is C13H8ClN5. The summed E-state index contributed by atoms with van der Waals surface area (Å²) in [5, 5.41) is 17.2. The number of rotatable bonds is 1. The molecule has 0 saturated heterocycles. The van der Waals surface area contributed by atoms with E-state index in [0.29, 0.717) is 5.02 Å². The van der Waals surface area contributed by atoms with E-state index in [1.807, 2.05) is 42.5 Å². The lowest BCUT2D eigenvalue weighted by atomic mass is 10.2. The second-order valence-electron chi connectivity index (χ2n) is 4.23. The molecule has 2 aromatic heterocycles. The highest BCUT2D eigenvalue weighted by Crippen LogP contribution is 2.24. The Labute approximate surface area is 112 Å².